The molecule has 264 valence electrons. The van der Waals surface area contributed by atoms with Gasteiger partial charge in [0.2, 0.25) is 0 Å². The Balaban J connectivity index is 1.40. The van der Waals surface area contributed by atoms with Crippen molar-refractivity contribution in [3.05, 3.63) is 83.4 Å². The van der Waals surface area contributed by atoms with Crippen LogP contribution < -0.4 is 9.47 Å². The number of hydrogen-bond donors (Lipinski definition) is 6. The Hall–Kier alpha value is -4.66. The summed E-state index contributed by atoms with van der Waals surface area (Å²) in [7, 11) is 2.99. The third-order valence-electron chi connectivity index (χ3n) is 8.08. The van der Waals surface area contributed by atoms with Gasteiger partial charge in [0.25, 0.3) is 0 Å². The lowest BCUT2D eigenvalue weighted by Gasteiger charge is -2.41. The molecule has 1 saturated heterocycles. The van der Waals surface area contributed by atoms with Crippen molar-refractivity contribution in [2.45, 2.75) is 68.9 Å². The molecular weight excluding hydrogens is 640 g/mol. The second-order valence-corrected chi connectivity index (χ2v) is 11.6. The Morgan fingerprint density at radius 1 is 0.816 bits per heavy atom. The van der Waals surface area contributed by atoms with Crippen molar-refractivity contribution in [1.29, 1.82) is 0 Å². The van der Waals surface area contributed by atoms with Gasteiger partial charge >= 0.3 is 5.97 Å². The maximum atomic E-state index is 13.0. The average molecular weight is 683 g/mol. The number of carbonyl (C=O) groups is 2. The van der Waals surface area contributed by atoms with E-state index in [1.54, 1.807) is 36.4 Å². The van der Waals surface area contributed by atoms with E-state index < -0.39 is 49.4 Å². The highest BCUT2D eigenvalue weighted by molar-refractivity contribution is 5.87. The van der Waals surface area contributed by atoms with Gasteiger partial charge in [0.15, 0.2) is 29.3 Å². The molecule has 6 N–H and O–H groups in total. The van der Waals surface area contributed by atoms with Gasteiger partial charge in [-0.1, -0.05) is 24.3 Å². The number of aliphatic hydroxyl groups is 3. The Morgan fingerprint density at radius 2 is 1.53 bits per heavy atom. The molecule has 0 aromatic heterocycles. The first-order chi connectivity index (χ1) is 23.5. The topological polar surface area (TPSA) is 202 Å². The summed E-state index contributed by atoms with van der Waals surface area (Å²) >= 11 is 0. The molecule has 1 heterocycles. The zero-order valence-electron chi connectivity index (χ0n) is 27.2. The van der Waals surface area contributed by atoms with E-state index in [-0.39, 0.29) is 42.3 Å². The number of methoxy groups -OCH3 is 2. The van der Waals surface area contributed by atoms with Gasteiger partial charge in [0.1, 0.15) is 42.6 Å². The summed E-state index contributed by atoms with van der Waals surface area (Å²) in [6, 6.07) is 15.9. The normalized spacial score (nSPS) is 21.3. The van der Waals surface area contributed by atoms with E-state index in [2.05, 4.69) is 0 Å². The van der Waals surface area contributed by atoms with Gasteiger partial charge in [-0.3, -0.25) is 4.79 Å². The highest BCUT2D eigenvalue weighted by Crippen LogP contribution is 2.29. The van der Waals surface area contributed by atoms with Crippen LogP contribution in [-0.4, -0.2) is 100 Å². The van der Waals surface area contributed by atoms with Crippen molar-refractivity contribution in [3.63, 3.8) is 0 Å². The first-order valence-electron chi connectivity index (χ1n) is 15.7. The number of aryl methyl sites for hydroxylation is 2. The van der Waals surface area contributed by atoms with Crippen LogP contribution in [-0.2, 0) is 36.6 Å². The fourth-order valence-electron chi connectivity index (χ4n) is 5.26. The quantitative estimate of drug-likeness (QED) is 0.0733. The standard InChI is InChI=1S/C36H42O13/c1-45-29-15-8-23(18-30(29)46-2)9-16-32(41)47-20-31-33(42)34(43)35(44)36(49-31)48-26(13-6-22-7-14-27(39)28(40)17-22)19-25(38)12-5-21-3-10-24(37)11-4-21/h3-4,7-11,14-18,26,31,33-37,39-40,42-44H,5-6,12-13,19-20H2,1-2H3/t26-,31+,33+,34-,35+,36+/m0/s1. The Bertz CT molecular complexity index is 1570. The number of benzene rings is 3. The summed E-state index contributed by atoms with van der Waals surface area (Å²) < 4.78 is 27.5. The lowest BCUT2D eigenvalue weighted by molar-refractivity contribution is -0.311. The molecule has 13 heteroatoms. The minimum Gasteiger partial charge on any atom is -0.508 e. The van der Waals surface area contributed by atoms with Gasteiger partial charge in [0.05, 0.1) is 20.3 Å². The summed E-state index contributed by atoms with van der Waals surface area (Å²) in [5, 5.41) is 61.0. The second-order valence-electron chi connectivity index (χ2n) is 11.6. The van der Waals surface area contributed by atoms with Crippen LogP contribution in [0.1, 0.15) is 36.0 Å². The van der Waals surface area contributed by atoms with Crippen LogP contribution in [0.4, 0.5) is 0 Å². The molecule has 0 bridgehead atoms. The number of Topliss-reactive ketones (excluding diaryl/α,β-unsaturated/α-hetero) is 1. The van der Waals surface area contributed by atoms with Crippen molar-refractivity contribution < 1.29 is 63.9 Å². The lowest BCUT2D eigenvalue weighted by Crippen LogP contribution is -2.60. The third-order valence-corrected chi connectivity index (χ3v) is 8.08. The van der Waals surface area contributed by atoms with E-state index in [0.29, 0.717) is 35.5 Å². The maximum absolute atomic E-state index is 13.0. The highest BCUT2D eigenvalue weighted by atomic mass is 16.7. The molecule has 13 nitrogen and oxygen atoms in total. The minimum absolute atomic E-state index is 0.0893. The number of esters is 1. The molecule has 0 radical (unpaired) electrons. The molecule has 0 amide bonds. The molecule has 6 atom stereocenters. The second kappa shape index (κ2) is 17.7. The first-order valence-corrected chi connectivity index (χ1v) is 15.7. The fraction of sp³-hybridized carbons (Fsp3) is 0.389. The average Bonchev–Trinajstić information content (AvgIpc) is 3.10. The van der Waals surface area contributed by atoms with Gasteiger partial charge in [-0.05, 0) is 78.4 Å². The van der Waals surface area contributed by atoms with Crippen LogP contribution >= 0.6 is 0 Å². The Kier molecular flexibility index (Phi) is 13.4. The highest BCUT2D eigenvalue weighted by Gasteiger charge is 2.45. The molecule has 0 unspecified atom stereocenters. The van der Waals surface area contributed by atoms with Crippen LogP contribution in [0.5, 0.6) is 28.7 Å². The van der Waals surface area contributed by atoms with E-state index >= 15 is 0 Å². The zero-order chi connectivity index (χ0) is 35.5. The monoisotopic (exact) mass is 682 g/mol. The summed E-state index contributed by atoms with van der Waals surface area (Å²) in [5.41, 5.74) is 2.12. The van der Waals surface area contributed by atoms with Crippen LogP contribution in [0.15, 0.2) is 66.7 Å². The summed E-state index contributed by atoms with van der Waals surface area (Å²) in [4.78, 5) is 25.5. The van der Waals surface area contributed by atoms with Crippen LogP contribution in [0, 0.1) is 0 Å². The molecule has 3 aromatic carbocycles. The number of rotatable bonds is 16. The number of phenolic OH excluding ortho intramolecular Hbond substituents is 3. The van der Waals surface area contributed by atoms with Gasteiger partial charge < -0.3 is 54.3 Å². The van der Waals surface area contributed by atoms with E-state index in [9.17, 15) is 40.2 Å². The molecule has 0 saturated carbocycles. The fourth-order valence-corrected chi connectivity index (χ4v) is 5.26. The van der Waals surface area contributed by atoms with Crippen LogP contribution in [0.2, 0.25) is 0 Å². The Labute approximate surface area is 283 Å². The number of phenols is 3. The molecule has 4 rings (SSSR count). The SMILES string of the molecule is COc1ccc(C=CC(=O)OC[C@H]2O[C@@H](O[C@@H](CCc3ccc(O)c(O)c3)CC(=O)CCc3ccc(O)cc3)[C@H](O)[C@@H](O)[C@@H]2O)cc1OC. The van der Waals surface area contributed by atoms with Crippen molar-refractivity contribution in [1.82, 2.24) is 0 Å². The predicted molar refractivity (Wildman–Crippen MR) is 175 cm³/mol. The molecule has 1 aliphatic heterocycles. The number of ether oxygens (including phenoxy) is 5. The molecule has 49 heavy (non-hydrogen) atoms. The van der Waals surface area contributed by atoms with E-state index in [0.717, 1.165) is 11.6 Å². The number of carbonyl (C=O) groups excluding carboxylic acids is 2. The minimum atomic E-state index is -1.72. The van der Waals surface area contributed by atoms with Gasteiger partial charge in [-0.2, -0.15) is 0 Å². The van der Waals surface area contributed by atoms with Crippen molar-refractivity contribution in [2.24, 2.45) is 0 Å². The van der Waals surface area contributed by atoms with Crippen LogP contribution in [0.25, 0.3) is 6.08 Å². The molecule has 1 fully saturated rings. The van der Waals surface area contributed by atoms with Crippen molar-refractivity contribution in [2.75, 3.05) is 20.8 Å². The lowest BCUT2D eigenvalue weighted by atomic mass is 9.98. The van der Waals surface area contributed by atoms with E-state index in [1.165, 1.54) is 44.6 Å². The summed E-state index contributed by atoms with van der Waals surface area (Å²) in [6.45, 7) is -0.483. The first kappa shape index (κ1) is 37.2. The van der Waals surface area contributed by atoms with Crippen molar-refractivity contribution in [3.8, 4) is 28.7 Å². The van der Waals surface area contributed by atoms with Gasteiger partial charge in [-0.15, -0.1) is 0 Å². The molecular formula is C36H42O13. The molecule has 3 aromatic rings. The maximum Gasteiger partial charge on any atom is 0.330 e. The largest absolute Gasteiger partial charge is 0.508 e. The zero-order valence-corrected chi connectivity index (χ0v) is 27.2. The van der Waals surface area contributed by atoms with E-state index in [1.807, 2.05) is 0 Å². The van der Waals surface area contributed by atoms with Gasteiger partial charge in [0, 0.05) is 18.9 Å². The van der Waals surface area contributed by atoms with Crippen LogP contribution in [0.3, 0.4) is 0 Å². The number of aliphatic hydroxyl groups excluding tert-OH is 3. The van der Waals surface area contributed by atoms with Crippen molar-refractivity contribution >= 4 is 17.8 Å². The molecule has 0 spiro atoms. The predicted octanol–water partition coefficient (Wildman–Crippen LogP) is 2.79. The van der Waals surface area contributed by atoms with E-state index in [4.69, 9.17) is 23.7 Å². The smallest absolute Gasteiger partial charge is 0.330 e. The Morgan fingerprint density at radius 3 is 2.22 bits per heavy atom. The number of ketones is 1. The van der Waals surface area contributed by atoms with Gasteiger partial charge in [-0.25, -0.2) is 4.79 Å². The molecule has 1 aliphatic rings. The number of hydrogen-bond acceptors (Lipinski definition) is 13. The number of aromatic hydroxyl groups is 3. The summed E-state index contributed by atoms with van der Waals surface area (Å²) in [5.74, 6) is -0.421. The summed E-state index contributed by atoms with van der Waals surface area (Å²) in [6.07, 6.45) is -4.96. The third kappa shape index (κ3) is 10.7. The molecule has 0 aliphatic carbocycles.